The Morgan fingerprint density at radius 2 is 2.00 bits per heavy atom. The van der Waals surface area contributed by atoms with E-state index in [1.165, 1.54) is 11.3 Å². The average molecular weight is 415 g/mol. The predicted octanol–water partition coefficient (Wildman–Crippen LogP) is 2.70. The Kier molecular flexibility index (Phi) is 6.19. The summed E-state index contributed by atoms with van der Waals surface area (Å²) in [5, 5.41) is 2.73. The molecule has 0 radical (unpaired) electrons. The zero-order valence-electron chi connectivity index (χ0n) is 14.9. The molecule has 0 aliphatic carbocycles. The number of anilines is 1. The van der Waals surface area contributed by atoms with Crippen LogP contribution in [0.3, 0.4) is 0 Å². The third kappa shape index (κ3) is 4.75. The third-order valence-electron chi connectivity index (χ3n) is 4.56. The molecule has 1 aromatic carbocycles. The Balaban J connectivity index is 1.62. The minimum absolute atomic E-state index is 0.180. The molecule has 142 valence electrons. The van der Waals surface area contributed by atoms with Crippen molar-refractivity contribution < 1.29 is 8.42 Å². The quantitative estimate of drug-likeness (QED) is 0.787. The van der Waals surface area contributed by atoms with Gasteiger partial charge in [0.05, 0.1) is 10.6 Å². The molecule has 2 aromatic rings. The van der Waals surface area contributed by atoms with Gasteiger partial charge in [0.25, 0.3) is 10.0 Å². The zero-order valence-corrected chi connectivity index (χ0v) is 17.3. The fraction of sp³-hybridized carbons (Fsp3) is 0.471. The summed E-state index contributed by atoms with van der Waals surface area (Å²) in [7, 11) is -1.56. The molecule has 0 unspecified atom stereocenters. The lowest BCUT2D eigenvalue weighted by Crippen LogP contribution is -2.45. The van der Waals surface area contributed by atoms with Gasteiger partial charge in [-0.1, -0.05) is 17.7 Å². The molecule has 0 atom stereocenters. The van der Waals surface area contributed by atoms with Crippen molar-refractivity contribution in [1.82, 2.24) is 14.8 Å². The molecule has 26 heavy (non-hydrogen) atoms. The molecule has 1 aliphatic heterocycles. The van der Waals surface area contributed by atoms with Crippen LogP contribution in [-0.2, 0) is 16.4 Å². The number of nitrogens with one attached hydrogen (secondary N) is 1. The number of thiazole rings is 1. The highest BCUT2D eigenvalue weighted by Gasteiger charge is 2.20. The molecule has 3 rings (SSSR count). The second kappa shape index (κ2) is 8.22. The largest absolute Gasteiger partial charge is 0.304 e. The summed E-state index contributed by atoms with van der Waals surface area (Å²) in [6.07, 6.45) is 0.818. The Morgan fingerprint density at radius 3 is 2.73 bits per heavy atom. The summed E-state index contributed by atoms with van der Waals surface area (Å²) in [5.74, 6) is 0. The SMILES string of the molecule is Cc1c(Cl)cccc1S(=O)(=O)Nc1nc(CCN2CCN(C)CC2)cs1. The number of sulfonamides is 1. The van der Waals surface area contributed by atoms with Crippen LogP contribution in [0.5, 0.6) is 0 Å². The lowest BCUT2D eigenvalue weighted by Gasteiger charge is -2.32. The first-order valence-electron chi connectivity index (χ1n) is 8.48. The van der Waals surface area contributed by atoms with Crippen LogP contribution < -0.4 is 4.72 Å². The number of hydrogen-bond donors (Lipinski definition) is 1. The molecule has 2 heterocycles. The van der Waals surface area contributed by atoms with Crippen molar-refractivity contribution in [3.63, 3.8) is 0 Å². The van der Waals surface area contributed by atoms with Crippen molar-refractivity contribution >= 4 is 38.1 Å². The summed E-state index contributed by atoms with van der Waals surface area (Å²) >= 11 is 7.35. The van der Waals surface area contributed by atoms with E-state index >= 15 is 0 Å². The summed E-state index contributed by atoms with van der Waals surface area (Å²) in [5.41, 5.74) is 1.45. The summed E-state index contributed by atoms with van der Waals surface area (Å²) in [4.78, 5) is 9.35. The third-order valence-corrected chi connectivity index (χ3v) is 7.39. The molecule has 1 N–H and O–H groups in total. The van der Waals surface area contributed by atoms with Gasteiger partial charge in [-0.2, -0.15) is 0 Å². The Morgan fingerprint density at radius 1 is 1.27 bits per heavy atom. The standard InChI is InChI=1S/C17H23ClN4O2S2/c1-13-15(18)4-3-5-16(13)26(23,24)20-17-19-14(12-25-17)6-7-22-10-8-21(2)9-11-22/h3-5,12H,6-11H2,1-2H3,(H,19,20). The van der Waals surface area contributed by atoms with Crippen molar-refractivity contribution in [3.05, 3.63) is 39.9 Å². The molecular formula is C17H23ClN4O2S2. The van der Waals surface area contributed by atoms with Gasteiger partial charge in [0.1, 0.15) is 0 Å². The van der Waals surface area contributed by atoms with Crippen LogP contribution >= 0.6 is 22.9 Å². The lowest BCUT2D eigenvalue weighted by molar-refractivity contribution is 0.155. The molecule has 0 spiro atoms. The molecule has 1 saturated heterocycles. The fourth-order valence-corrected chi connectivity index (χ4v) is 5.36. The zero-order chi connectivity index (χ0) is 18.7. The monoisotopic (exact) mass is 414 g/mol. The summed E-state index contributed by atoms with van der Waals surface area (Å²) in [6, 6.07) is 4.86. The summed E-state index contributed by atoms with van der Waals surface area (Å²) < 4.78 is 27.8. The number of piperazine rings is 1. The van der Waals surface area contributed by atoms with Crippen LogP contribution in [-0.4, -0.2) is 63.0 Å². The first kappa shape index (κ1) is 19.6. The number of nitrogens with zero attached hydrogens (tertiary/aromatic N) is 3. The lowest BCUT2D eigenvalue weighted by atomic mass is 10.2. The number of halogens is 1. The molecular weight excluding hydrogens is 392 g/mol. The number of likely N-dealkylation sites (N-methyl/N-ethyl adjacent to an activating group) is 1. The van der Waals surface area contributed by atoms with Gasteiger partial charge >= 0.3 is 0 Å². The maximum absolute atomic E-state index is 12.6. The smallest absolute Gasteiger partial charge is 0.263 e. The maximum Gasteiger partial charge on any atom is 0.263 e. The molecule has 0 saturated carbocycles. The maximum atomic E-state index is 12.6. The van der Waals surface area contributed by atoms with Gasteiger partial charge in [-0.25, -0.2) is 13.4 Å². The predicted molar refractivity (Wildman–Crippen MR) is 107 cm³/mol. The van der Waals surface area contributed by atoms with E-state index in [0.29, 0.717) is 15.7 Å². The van der Waals surface area contributed by atoms with Crippen molar-refractivity contribution in [2.45, 2.75) is 18.2 Å². The first-order chi connectivity index (χ1) is 12.3. The van der Waals surface area contributed by atoms with E-state index < -0.39 is 10.0 Å². The molecule has 1 aromatic heterocycles. The van der Waals surface area contributed by atoms with E-state index in [2.05, 4.69) is 26.6 Å². The van der Waals surface area contributed by atoms with Crippen molar-refractivity contribution in [2.24, 2.45) is 0 Å². The van der Waals surface area contributed by atoms with Gasteiger partial charge in [-0.15, -0.1) is 11.3 Å². The van der Waals surface area contributed by atoms with E-state index in [4.69, 9.17) is 11.6 Å². The highest BCUT2D eigenvalue weighted by atomic mass is 35.5. The number of benzene rings is 1. The van der Waals surface area contributed by atoms with Gasteiger partial charge in [0, 0.05) is 49.5 Å². The van der Waals surface area contributed by atoms with E-state index in [1.54, 1.807) is 25.1 Å². The van der Waals surface area contributed by atoms with Crippen molar-refractivity contribution in [3.8, 4) is 0 Å². The van der Waals surface area contributed by atoms with Crippen LogP contribution in [0.4, 0.5) is 5.13 Å². The van der Waals surface area contributed by atoms with Gasteiger partial charge < -0.3 is 9.80 Å². The Bertz CT molecular complexity index is 861. The molecule has 1 aliphatic rings. The van der Waals surface area contributed by atoms with Gasteiger partial charge in [0.2, 0.25) is 0 Å². The highest BCUT2D eigenvalue weighted by Crippen LogP contribution is 2.26. The van der Waals surface area contributed by atoms with Crippen LogP contribution in [0, 0.1) is 6.92 Å². The molecule has 0 amide bonds. The van der Waals surface area contributed by atoms with E-state index in [9.17, 15) is 8.42 Å². The Hall–Kier alpha value is -1.19. The second-order valence-electron chi connectivity index (χ2n) is 6.51. The van der Waals surface area contributed by atoms with Gasteiger partial charge in [-0.3, -0.25) is 4.72 Å². The number of hydrogen-bond acceptors (Lipinski definition) is 6. The van der Waals surface area contributed by atoms with Crippen molar-refractivity contribution in [1.29, 1.82) is 0 Å². The number of aromatic nitrogens is 1. The molecule has 9 heteroatoms. The topological polar surface area (TPSA) is 65.5 Å². The van der Waals surface area contributed by atoms with E-state index in [0.717, 1.165) is 44.8 Å². The molecule has 0 bridgehead atoms. The van der Waals surface area contributed by atoms with Crippen LogP contribution in [0.2, 0.25) is 5.02 Å². The van der Waals surface area contributed by atoms with Crippen LogP contribution in [0.1, 0.15) is 11.3 Å². The van der Waals surface area contributed by atoms with Gasteiger partial charge in [0.15, 0.2) is 5.13 Å². The summed E-state index contributed by atoms with van der Waals surface area (Å²) in [6.45, 7) is 6.93. The minimum Gasteiger partial charge on any atom is -0.304 e. The Labute approximate surface area is 163 Å². The average Bonchev–Trinajstić information content (AvgIpc) is 3.03. The fourth-order valence-electron chi connectivity index (χ4n) is 2.86. The second-order valence-corrected chi connectivity index (χ2v) is 9.42. The molecule has 6 nitrogen and oxygen atoms in total. The normalized spacial score (nSPS) is 16.7. The highest BCUT2D eigenvalue weighted by molar-refractivity contribution is 7.93. The van der Waals surface area contributed by atoms with Crippen LogP contribution in [0.15, 0.2) is 28.5 Å². The number of rotatable bonds is 6. The van der Waals surface area contributed by atoms with E-state index in [-0.39, 0.29) is 4.90 Å². The van der Waals surface area contributed by atoms with Gasteiger partial charge in [-0.05, 0) is 31.7 Å². The minimum atomic E-state index is -3.70. The van der Waals surface area contributed by atoms with Crippen molar-refractivity contribution in [2.75, 3.05) is 44.5 Å². The molecule has 1 fully saturated rings. The van der Waals surface area contributed by atoms with E-state index in [1.807, 2.05) is 5.38 Å². The van der Waals surface area contributed by atoms with Crippen LogP contribution in [0.25, 0.3) is 0 Å². The first-order valence-corrected chi connectivity index (χ1v) is 11.2.